The van der Waals surface area contributed by atoms with Gasteiger partial charge in [-0.05, 0) is 66.7 Å². The molecule has 0 aliphatic heterocycles. The van der Waals surface area contributed by atoms with Crippen LogP contribution in [0.25, 0.3) is 16.6 Å². The molecule has 7 rings (SSSR count). The van der Waals surface area contributed by atoms with E-state index in [-0.39, 0.29) is 5.56 Å². The van der Waals surface area contributed by atoms with Crippen LogP contribution in [-0.2, 0) is 0 Å². The molecule has 0 saturated heterocycles. The zero-order chi connectivity index (χ0) is 30.8. The molecule has 0 atom stereocenters. The molecule has 0 bridgehead atoms. The summed E-state index contributed by atoms with van der Waals surface area (Å²) in [5, 5.41) is 6.54. The van der Waals surface area contributed by atoms with Crippen molar-refractivity contribution in [3.05, 3.63) is 179 Å². The first-order valence-electron chi connectivity index (χ1n) is 15.0. The third-order valence-electron chi connectivity index (χ3n) is 7.90. The molecule has 3 nitrogen and oxygen atoms in total. The normalized spacial score (nSPS) is 11.4. The molecular weight excluding hydrogens is 586 g/mol. The minimum atomic E-state index is -1.18. The molecule has 0 saturated carbocycles. The van der Waals surface area contributed by atoms with Crippen molar-refractivity contribution in [3.63, 3.8) is 0 Å². The molecule has 1 heterocycles. The molecule has 0 aliphatic carbocycles. The molecule has 5 heteroatoms. The largest absolute Gasteiger partial charge is 0.268 e. The molecule has 0 amide bonds. The number of benzene rings is 6. The fourth-order valence-electron chi connectivity index (χ4n) is 5.99. The van der Waals surface area contributed by atoms with E-state index in [0.29, 0.717) is 10.9 Å². The van der Waals surface area contributed by atoms with Gasteiger partial charge in [0.2, 0.25) is 0 Å². The summed E-state index contributed by atoms with van der Waals surface area (Å²) in [5.41, 5.74) is 4.60. The molecule has 0 unspecified atom stereocenters. The maximum atomic E-state index is 14.9. The van der Waals surface area contributed by atoms with Crippen LogP contribution < -0.4 is 37.6 Å². The van der Waals surface area contributed by atoms with E-state index in [9.17, 15) is 4.79 Å². The van der Waals surface area contributed by atoms with E-state index in [2.05, 4.69) is 135 Å². The van der Waals surface area contributed by atoms with Crippen LogP contribution in [0.5, 0.6) is 0 Å². The van der Waals surface area contributed by atoms with Gasteiger partial charge in [-0.1, -0.05) is 145 Å². The number of hydrogen-bond acceptors (Lipinski definition) is 2. The SMILES string of the molecule is Cc1cc(C)c(-n2c(P(c3ccccc3)c3ccccc3)nc3ccccc3c2=O)c(P(c2ccccc2)c2ccccc2)c1. The van der Waals surface area contributed by atoms with Gasteiger partial charge in [0.1, 0.15) is 5.57 Å². The van der Waals surface area contributed by atoms with Crippen LogP contribution in [0.15, 0.2) is 163 Å². The van der Waals surface area contributed by atoms with Crippen molar-refractivity contribution in [3.8, 4) is 5.69 Å². The highest BCUT2D eigenvalue weighted by molar-refractivity contribution is 7.80. The summed E-state index contributed by atoms with van der Waals surface area (Å²) in [6.07, 6.45) is 0. The van der Waals surface area contributed by atoms with Gasteiger partial charge in [-0.2, -0.15) is 0 Å². The van der Waals surface area contributed by atoms with Gasteiger partial charge < -0.3 is 0 Å². The number of aryl methyl sites for hydroxylation is 2. The first-order valence-corrected chi connectivity index (χ1v) is 17.7. The predicted molar refractivity (Wildman–Crippen MR) is 194 cm³/mol. The second kappa shape index (κ2) is 12.7. The van der Waals surface area contributed by atoms with Crippen LogP contribution in [-0.4, -0.2) is 9.55 Å². The minimum Gasteiger partial charge on any atom is -0.268 e. The third kappa shape index (κ3) is 5.67. The summed E-state index contributed by atoms with van der Waals surface area (Å²) >= 11 is 0. The zero-order valence-electron chi connectivity index (χ0n) is 25.2. The average Bonchev–Trinajstić information content (AvgIpc) is 3.08. The van der Waals surface area contributed by atoms with Crippen molar-refractivity contribution in [2.75, 3.05) is 0 Å². The second-order valence-electron chi connectivity index (χ2n) is 11.0. The van der Waals surface area contributed by atoms with Gasteiger partial charge in [0, 0.05) is 13.2 Å². The highest BCUT2D eigenvalue weighted by Crippen LogP contribution is 2.38. The number of hydrogen-bond donors (Lipinski definition) is 0. The van der Waals surface area contributed by atoms with Crippen LogP contribution in [0, 0.1) is 13.8 Å². The molecule has 0 fully saturated rings. The van der Waals surface area contributed by atoms with Gasteiger partial charge in [0.15, 0.2) is 0 Å². The second-order valence-corrected chi connectivity index (χ2v) is 15.3. The first kappa shape index (κ1) is 29.1. The Kier molecular flexibility index (Phi) is 8.23. The lowest BCUT2D eigenvalue weighted by molar-refractivity contribution is 1.00. The first-order chi connectivity index (χ1) is 22.1. The van der Waals surface area contributed by atoms with E-state index in [0.717, 1.165) is 32.7 Å². The van der Waals surface area contributed by atoms with Gasteiger partial charge in [-0.25, -0.2) is 4.98 Å². The molecule has 0 aliphatic rings. The van der Waals surface area contributed by atoms with Crippen molar-refractivity contribution < 1.29 is 0 Å². The van der Waals surface area contributed by atoms with Crippen molar-refractivity contribution in [2.45, 2.75) is 13.8 Å². The Labute approximate surface area is 266 Å². The van der Waals surface area contributed by atoms with E-state index in [4.69, 9.17) is 4.98 Å². The van der Waals surface area contributed by atoms with E-state index in [1.165, 1.54) is 16.2 Å². The lowest BCUT2D eigenvalue weighted by atomic mass is 10.1. The van der Waals surface area contributed by atoms with Gasteiger partial charge in [-0.15, -0.1) is 0 Å². The highest BCUT2D eigenvalue weighted by Gasteiger charge is 2.29. The average molecular weight is 619 g/mol. The van der Waals surface area contributed by atoms with Crippen molar-refractivity contribution >= 4 is 58.8 Å². The monoisotopic (exact) mass is 618 g/mol. The summed E-state index contributed by atoms with van der Waals surface area (Å²) in [6, 6.07) is 54.6. The quantitative estimate of drug-likeness (QED) is 0.191. The summed E-state index contributed by atoms with van der Waals surface area (Å²) in [4.78, 5) is 20.3. The zero-order valence-corrected chi connectivity index (χ0v) is 27.0. The van der Waals surface area contributed by atoms with Gasteiger partial charge in [0.05, 0.1) is 16.6 Å². The Bertz CT molecular complexity index is 2070. The molecule has 1 aromatic heterocycles. The summed E-state index contributed by atoms with van der Waals surface area (Å²) in [7, 11) is -2.18. The van der Waals surface area contributed by atoms with Crippen LogP contribution in [0.1, 0.15) is 11.1 Å². The van der Waals surface area contributed by atoms with Gasteiger partial charge in [-0.3, -0.25) is 9.36 Å². The molecule has 45 heavy (non-hydrogen) atoms. The molecule has 218 valence electrons. The van der Waals surface area contributed by atoms with Crippen molar-refractivity contribution in [2.24, 2.45) is 0 Å². The Morgan fingerprint density at radius 3 is 1.49 bits per heavy atom. The summed E-state index contributed by atoms with van der Waals surface area (Å²) < 4.78 is 1.96. The summed E-state index contributed by atoms with van der Waals surface area (Å²) in [5.74, 6) is 0. The van der Waals surface area contributed by atoms with E-state index in [1.807, 2.05) is 41.0 Å². The van der Waals surface area contributed by atoms with E-state index < -0.39 is 15.8 Å². The fraction of sp³-hybridized carbons (Fsp3) is 0.0500. The topological polar surface area (TPSA) is 34.9 Å². The van der Waals surface area contributed by atoms with Gasteiger partial charge >= 0.3 is 0 Å². The van der Waals surface area contributed by atoms with Crippen LogP contribution in [0.2, 0.25) is 0 Å². The molecule has 7 aromatic rings. The maximum absolute atomic E-state index is 14.9. The predicted octanol–water partition coefficient (Wildman–Crippen LogP) is 6.52. The third-order valence-corrected chi connectivity index (χ3v) is 12.7. The highest BCUT2D eigenvalue weighted by atomic mass is 31.1. The minimum absolute atomic E-state index is 0.0424. The van der Waals surface area contributed by atoms with Crippen molar-refractivity contribution in [1.82, 2.24) is 9.55 Å². The maximum Gasteiger partial charge on any atom is 0.266 e. The number of nitrogens with zero attached hydrogens (tertiary/aromatic N) is 2. The Hall–Kier alpha value is -4.68. The standard InChI is InChI=1S/C40H32N2OP2/c1-29-27-30(2)38(37(28-29)44(31-17-7-3-8-18-31)32-19-9-4-10-20-32)42-39(43)35-25-15-16-26-36(35)41-40(42)45(33-21-11-5-12-22-33)34-23-13-6-14-24-34/h3-28H,1-2H3. The van der Waals surface area contributed by atoms with E-state index in [1.54, 1.807) is 0 Å². The Balaban J connectivity index is 1.62. The lowest BCUT2D eigenvalue weighted by Crippen LogP contribution is -2.40. The smallest absolute Gasteiger partial charge is 0.266 e. The number of rotatable bonds is 7. The number of para-hydroxylation sites is 1. The van der Waals surface area contributed by atoms with Crippen molar-refractivity contribution in [1.29, 1.82) is 0 Å². The molecule has 0 radical (unpaired) electrons. The molecule has 0 spiro atoms. The van der Waals surface area contributed by atoms with Crippen LogP contribution in [0.4, 0.5) is 0 Å². The van der Waals surface area contributed by atoms with Crippen LogP contribution >= 0.6 is 15.8 Å². The molecule has 0 N–H and O–H groups in total. The summed E-state index contributed by atoms with van der Waals surface area (Å²) in [6.45, 7) is 4.28. The van der Waals surface area contributed by atoms with Crippen LogP contribution in [0.3, 0.4) is 0 Å². The fourth-order valence-corrected chi connectivity index (χ4v) is 10.9. The Morgan fingerprint density at radius 1 is 0.533 bits per heavy atom. The molecule has 6 aromatic carbocycles. The number of fused-ring (bicyclic) bond motifs is 1. The molecular formula is C40H32N2OP2. The van der Waals surface area contributed by atoms with E-state index >= 15 is 0 Å². The van der Waals surface area contributed by atoms with Gasteiger partial charge in [0.25, 0.3) is 5.56 Å². The lowest BCUT2D eigenvalue weighted by Gasteiger charge is -2.28. The number of aromatic nitrogens is 2. The Morgan fingerprint density at radius 2 is 0.978 bits per heavy atom.